The molecule has 2 atom stereocenters. The summed E-state index contributed by atoms with van der Waals surface area (Å²) in [6.45, 7) is 1.32. The standard InChI is InChI=1S/C14H19N3O3/c18-14(12-5-13(20-17-12)8-6-19-7-8)16-11-3-9-1-2-10(4-11)15-9/h5,8-11,15H,1-4,6-7H2,(H,16,18). The average molecular weight is 277 g/mol. The Morgan fingerprint density at radius 3 is 2.70 bits per heavy atom. The Bertz CT molecular complexity index is 500. The molecule has 1 aromatic heterocycles. The first-order chi connectivity index (χ1) is 9.78. The Hall–Kier alpha value is -1.40. The first-order valence-corrected chi connectivity index (χ1v) is 7.39. The van der Waals surface area contributed by atoms with Crippen molar-refractivity contribution in [2.75, 3.05) is 13.2 Å². The normalized spacial score (nSPS) is 32.9. The average Bonchev–Trinajstić information content (AvgIpc) is 2.95. The summed E-state index contributed by atoms with van der Waals surface area (Å²) in [6, 6.07) is 3.14. The van der Waals surface area contributed by atoms with E-state index in [0.717, 1.165) is 18.6 Å². The second kappa shape index (κ2) is 4.86. The minimum Gasteiger partial charge on any atom is -0.380 e. The molecule has 3 aliphatic heterocycles. The predicted molar refractivity (Wildman–Crippen MR) is 70.5 cm³/mol. The van der Waals surface area contributed by atoms with Crippen LogP contribution in [0.3, 0.4) is 0 Å². The first-order valence-electron chi connectivity index (χ1n) is 7.39. The first kappa shape index (κ1) is 12.3. The van der Waals surface area contributed by atoms with Crippen LogP contribution in [0.4, 0.5) is 0 Å². The van der Waals surface area contributed by atoms with Crippen molar-refractivity contribution in [3.63, 3.8) is 0 Å². The van der Waals surface area contributed by atoms with Gasteiger partial charge in [-0.3, -0.25) is 4.79 Å². The van der Waals surface area contributed by atoms with Crippen molar-refractivity contribution >= 4 is 5.91 Å². The highest BCUT2D eigenvalue weighted by Gasteiger charge is 2.34. The van der Waals surface area contributed by atoms with Crippen LogP contribution in [0.5, 0.6) is 0 Å². The molecule has 1 aromatic rings. The third kappa shape index (κ3) is 2.23. The summed E-state index contributed by atoms with van der Waals surface area (Å²) < 4.78 is 10.3. The quantitative estimate of drug-likeness (QED) is 0.854. The zero-order chi connectivity index (χ0) is 13.5. The van der Waals surface area contributed by atoms with E-state index in [0.29, 0.717) is 31.0 Å². The lowest BCUT2D eigenvalue weighted by atomic mass is 9.99. The molecule has 2 bridgehead atoms. The molecule has 0 saturated carbocycles. The van der Waals surface area contributed by atoms with Gasteiger partial charge in [-0.15, -0.1) is 0 Å². The van der Waals surface area contributed by atoms with Crippen LogP contribution in [-0.4, -0.2) is 42.4 Å². The minimum atomic E-state index is -0.119. The third-order valence-corrected chi connectivity index (χ3v) is 4.61. The smallest absolute Gasteiger partial charge is 0.273 e. The molecule has 3 saturated heterocycles. The Kier molecular flexibility index (Phi) is 3.00. The van der Waals surface area contributed by atoms with E-state index in [-0.39, 0.29) is 17.9 Å². The highest BCUT2D eigenvalue weighted by Crippen LogP contribution is 2.27. The fourth-order valence-electron chi connectivity index (χ4n) is 3.42. The van der Waals surface area contributed by atoms with Gasteiger partial charge in [0.05, 0.1) is 19.1 Å². The van der Waals surface area contributed by atoms with Gasteiger partial charge in [0.1, 0.15) is 5.76 Å². The molecule has 6 nitrogen and oxygen atoms in total. The van der Waals surface area contributed by atoms with Gasteiger partial charge in [-0.1, -0.05) is 5.16 Å². The molecular weight excluding hydrogens is 258 g/mol. The lowest BCUT2D eigenvalue weighted by Crippen LogP contribution is -2.48. The number of nitrogens with one attached hydrogen (secondary N) is 2. The number of aromatic nitrogens is 1. The van der Waals surface area contributed by atoms with E-state index >= 15 is 0 Å². The number of amides is 1. The summed E-state index contributed by atoms with van der Waals surface area (Å²) in [5.41, 5.74) is 0.387. The van der Waals surface area contributed by atoms with Crippen LogP contribution in [0.2, 0.25) is 0 Å². The molecule has 0 aliphatic carbocycles. The summed E-state index contributed by atoms with van der Waals surface area (Å²) in [7, 11) is 0. The number of carbonyl (C=O) groups excluding carboxylic acids is 1. The fourth-order valence-corrected chi connectivity index (χ4v) is 3.42. The van der Waals surface area contributed by atoms with E-state index in [9.17, 15) is 4.79 Å². The van der Waals surface area contributed by atoms with Crippen LogP contribution in [0.1, 0.15) is 47.8 Å². The number of fused-ring (bicyclic) bond motifs is 2. The number of carbonyl (C=O) groups is 1. The summed E-state index contributed by atoms with van der Waals surface area (Å²) in [5, 5.41) is 10.5. The highest BCUT2D eigenvalue weighted by molar-refractivity contribution is 5.92. The van der Waals surface area contributed by atoms with Gasteiger partial charge in [-0.2, -0.15) is 0 Å². The van der Waals surface area contributed by atoms with Gasteiger partial charge in [0.25, 0.3) is 5.91 Å². The van der Waals surface area contributed by atoms with Crippen LogP contribution in [0.15, 0.2) is 10.6 Å². The Morgan fingerprint density at radius 1 is 1.30 bits per heavy atom. The number of ether oxygens (including phenoxy) is 1. The highest BCUT2D eigenvalue weighted by atomic mass is 16.5. The number of hydrogen-bond acceptors (Lipinski definition) is 5. The van der Waals surface area contributed by atoms with Crippen molar-refractivity contribution in [2.45, 2.75) is 49.7 Å². The van der Waals surface area contributed by atoms with Crippen LogP contribution in [-0.2, 0) is 4.74 Å². The van der Waals surface area contributed by atoms with Gasteiger partial charge < -0.3 is 19.9 Å². The van der Waals surface area contributed by atoms with Gasteiger partial charge in [0, 0.05) is 24.2 Å². The van der Waals surface area contributed by atoms with E-state index < -0.39 is 0 Å². The molecule has 4 heterocycles. The summed E-state index contributed by atoms with van der Waals surface area (Å²) in [5.74, 6) is 0.900. The lowest BCUT2D eigenvalue weighted by Gasteiger charge is -2.29. The number of hydrogen-bond donors (Lipinski definition) is 2. The van der Waals surface area contributed by atoms with E-state index in [1.165, 1.54) is 12.8 Å². The van der Waals surface area contributed by atoms with Crippen molar-refractivity contribution in [2.24, 2.45) is 0 Å². The number of piperidine rings is 1. The van der Waals surface area contributed by atoms with Crippen molar-refractivity contribution in [3.8, 4) is 0 Å². The van der Waals surface area contributed by atoms with E-state index in [1.54, 1.807) is 6.07 Å². The van der Waals surface area contributed by atoms with Crippen LogP contribution in [0, 0.1) is 0 Å². The maximum Gasteiger partial charge on any atom is 0.273 e. The van der Waals surface area contributed by atoms with Crippen molar-refractivity contribution < 1.29 is 14.1 Å². The summed E-state index contributed by atoms with van der Waals surface area (Å²) >= 11 is 0. The molecule has 6 heteroatoms. The maximum atomic E-state index is 12.2. The molecule has 1 amide bonds. The van der Waals surface area contributed by atoms with Crippen molar-refractivity contribution in [3.05, 3.63) is 17.5 Å². The lowest BCUT2D eigenvalue weighted by molar-refractivity contribution is -0.00228. The summed E-state index contributed by atoms with van der Waals surface area (Å²) in [6.07, 6.45) is 4.49. The second-order valence-electron chi connectivity index (χ2n) is 6.13. The molecule has 108 valence electrons. The molecule has 4 rings (SSSR count). The van der Waals surface area contributed by atoms with Crippen molar-refractivity contribution in [1.29, 1.82) is 0 Å². The van der Waals surface area contributed by atoms with Crippen molar-refractivity contribution in [1.82, 2.24) is 15.8 Å². The molecule has 2 unspecified atom stereocenters. The molecular formula is C14H19N3O3. The Balaban J connectivity index is 1.38. The van der Waals surface area contributed by atoms with Gasteiger partial charge in [0.15, 0.2) is 5.69 Å². The molecule has 0 radical (unpaired) electrons. The van der Waals surface area contributed by atoms with E-state index in [1.807, 2.05) is 0 Å². The fraction of sp³-hybridized carbons (Fsp3) is 0.714. The van der Waals surface area contributed by atoms with E-state index in [4.69, 9.17) is 9.26 Å². The predicted octanol–water partition coefficient (Wildman–Crippen LogP) is 0.801. The van der Waals surface area contributed by atoms with Crippen LogP contribution < -0.4 is 10.6 Å². The number of rotatable bonds is 3. The Labute approximate surface area is 117 Å². The molecule has 20 heavy (non-hydrogen) atoms. The largest absolute Gasteiger partial charge is 0.380 e. The Morgan fingerprint density at radius 2 is 2.05 bits per heavy atom. The zero-order valence-electron chi connectivity index (χ0n) is 11.3. The summed E-state index contributed by atoms with van der Waals surface area (Å²) in [4.78, 5) is 12.2. The van der Waals surface area contributed by atoms with E-state index in [2.05, 4.69) is 15.8 Å². The van der Waals surface area contributed by atoms with Gasteiger partial charge in [-0.25, -0.2) is 0 Å². The third-order valence-electron chi connectivity index (χ3n) is 4.61. The molecule has 3 fully saturated rings. The van der Waals surface area contributed by atoms with Gasteiger partial charge in [0.2, 0.25) is 0 Å². The minimum absolute atomic E-state index is 0.119. The monoisotopic (exact) mass is 277 g/mol. The SMILES string of the molecule is O=C(NC1CC2CCC(C1)N2)c1cc(C2COC2)on1. The zero-order valence-corrected chi connectivity index (χ0v) is 11.3. The number of nitrogens with zero attached hydrogens (tertiary/aromatic N) is 1. The molecule has 3 aliphatic rings. The van der Waals surface area contributed by atoms with Gasteiger partial charge >= 0.3 is 0 Å². The molecule has 0 spiro atoms. The van der Waals surface area contributed by atoms with Gasteiger partial charge in [-0.05, 0) is 25.7 Å². The topological polar surface area (TPSA) is 76.4 Å². The second-order valence-corrected chi connectivity index (χ2v) is 6.13. The molecule has 2 N–H and O–H groups in total. The maximum absolute atomic E-state index is 12.2. The van der Waals surface area contributed by atoms with Crippen LogP contribution >= 0.6 is 0 Å². The van der Waals surface area contributed by atoms with Crippen LogP contribution in [0.25, 0.3) is 0 Å². The molecule has 0 aromatic carbocycles.